The number of hydrogen-bond acceptors (Lipinski definition) is 1. The largest absolute Gasteiger partial charge is 0.349 e. The molecule has 2 heteroatoms. The van der Waals surface area contributed by atoms with Crippen LogP contribution >= 0.6 is 0 Å². The monoisotopic (exact) mass is 239 g/mol. The maximum Gasteiger partial charge on any atom is 0.225 e. The number of amides is 1. The van der Waals surface area contributed by atoms with Crippen LogP contribution in [0.1, 0.15) is 47.5 Å². The molecule has 0 spiro atoms. The molecule has 0 N–H and O–H groups in total. The van der Waals surface area contributed by atoms with Crippen LogP contribution in [0.2, 0.25) is 0 Å². The van der Waals surface area contributed by atoms with Gasteiger partial charge in [0.25, 0.3) is 0 Å². The molecule has 0 radical (unpaired) electrons. The lowest BCUT2D eigenvalue weighted by atomic mass is 9.58. The predicted molar refractivity (Wildman–Crippen MR) is 72.7 cm³/mol. The first kappa shape index (κ1) is 14.5. The van der Waals surface area contributed by atoms with Crippen molar-refractivity contribution in [1.82, 2.24) is 4.90 Å². The Hall–Kier alpha value is -0.530. The van der Waals surface area contributed by atoms with Gasteiger partial charge in [0.15, 0.2) is 0 Å². The molecule has 1 aliphatic carbocycles. The number of hydrogen-bond donors (Lipinski definition) is 0. The highest BCUT2D eigenvalue weighted by Crippen LogP contribution is 2.49. The molecule has 0 aromatic rings. The number of carbonyl (C=O) groups is 1. The van der Waals surface area contributed by atoms with Gasteiger partial charge in [0, 0.05) is 20.0 Å². The Balaban J connectivity index is 2.94. The number of rotatable bonds is 2. The molecule has 0 heterocycles. The molecular formula is C15H29NO. The molecule has 0 saturated heterocycles. The Kier molecular flexibility index (Phi) is 4.27. The van der Waals surface area contributed by atoms with E-state index in [2.05, 4.69) is 34.6 Å². The molecule has 1 unspecified atom stereocenters. The van der Waals surface area contributed by atoms with E-state index in [1.165, 1.54) is 6.42 Å². The van der Waals surface area contributed by atoms with Gasteiger partial charge in [0.2, 0.25) is 5.91 Å². The summed E-state index contributed by atoms with van der Waals surface area (Å²) in [7, 11) is 3.75. The highest BCUT2D eigenvalue weighted by Gasteiger charge is 2.45. The topological polar surface area (TPSA) is 20.3 Å². The van der Waals surface area contributed by atoms with E-state index in [4.69, 9.17) is 0 Å². The fourth-order valence-corrected chi connectivity index (χ4v) is 3.08. The third-order valence-corrected chi connectivity index (χ3v) is 5.04. The van der Waals surface area contributed by atoms with E-state index < -0.39 is 0 Å². The van der Waals surface area contributed by atoms with Crippen molar-refractivity contribution in [3.05, 3.63) is 0 Å². The fourth-order valence-electron chi connectivity index (χ4n) is 3.08. The Morgan fingerprint density at radius 3 is 2.18 bits per heavy atom. The third-order valence-electron chi connectivity index (χ3n) is 5.04. The van der Waals surface area contributed by atoms with Crippen molar-refractivity contribution in [2.75, 3.05) is 14.1 Å². The van der Waals surface area contributed by atoms with E-state index >= 15 is 0 Å². The summed E-state index contributed by atoms with van der Waals surface area (Å²) in [5, 5.41) is 0. The summed E-state index contributed by atoms with van der Waals surface area (Å²) >= 11 is 0. The molecule has 1 amide bonds. The maximum absolute atomic E-state index is 12.4. The van der Waals surface area contributed by atoms with E-state index in [9.17, 15) is 4.79 Å². The van der Waals surface area contributed by atoms with Gasteiger partial charge in [-0.2, -0.15) is 0 Å². The average molecular weight is 239 g/mol. The molecule has 100 valence electrons. The van der Waals surface area contributed by atoms with Crippen molar-refractivity contribution in [2.45, 2.75) is 47.5 Å². The summed E-state index contributed by atoms with van der Waals surface area (Å²) in [5.41, 5.74) is 0.132. The molecule has 1 saturated carbocycles. The minimum absolute atomic E-state index is 0.132. The molecule has 0 aromatic carbocycles. The van der Waals surface area contributed by atoms with Crippen molar-refractivity contribution in [1.29, 1.82) is 0 Å². The fraction of sp³-hybridized carbons (Fsp3) is 0.933. The van der Waals surface area contributed by atoms with Crippen LogP contribution in [0.25, 0.3) is 0 Å². The Morgan fingerprint density at radius 2 is 1.76 bits per heavy atom. The van der Waals surface area contributed by atoms with E-state index in [1.54, 1.807) is 4.90 Å². The third kappa shape index (κ3) is 2.83. The summed E-state index contributed by atoms with van der Waals surface area (Å²) in [5.74, 6) is 2.51. The summed E-state index contributed by atoms with van der Waals surface area (Å²) in [6.45, 7) is 11.4. The van der Waals surface area contributed by atoms with Crippen molar-refractivity contribution >= 4 is 5.91 Å². The highest BCUT2D eigenvalue weighted by atomic mass is 16.2. The number of nitrogens with zero attached hydrogens (tertiary/aromatic N) is 1. The molecule has 0 aliphatic heterocycles. The summed E-state index contributed by atoms with van der Waals surface area (Å²) in [4.78, 5) is 14.1. The first-order chi connectivity index (χ1) is 7.67. The summed E-state index contributed by atoms with van der Waals surface area (Å²) in [6, 6.07) is 0. The highest BCUT2D eigenvalue weighted by molar-refractivity contribution is 5.79. The van der Waals surface area contributed by atoms with Gasteiger partial charge >= 0.3 is 0 Å². The zero-order chi connectivity index (χ0) is 13.4. The van der Waals surface area contributed by atoms with Gasteiger partial charge in [0.1, 0.15) is 0 Å². The van der Waals surface area contributed by atoms with Crippen LogP contribution in [0.4, 0.5) is 0 Å². The first-order valence-electron chi connectivity index (χ1n) is 6.89. The van der Waals surface area contributed by atoms with Crippen LogP contribution in [0, 0.1) is 29.1 Å². The number of carbonyl (C=O) groups excluding carboxylic acids is 1. The SMILES string of the molecule is CC(C)C1C[C@H](C)C(C)(C)[C@H](C(=O)N(C)C)C1. The zero-order valence-electron chi connectivity index (χ0n) is 12.6. The molecule has 17 heavy (non-hydrogen) atoms. The van der Waals surface area contributed by atoms with E-state index in [-0.39, 0.29) is 11.3 Å². The normalized spacial score (nSPS) is 32.6. The maximum atomic E-state index is 12.4. The van der Waals surface area contributed by atoms with E-state index in [0.717, 1.165) is 6.42 Å². The molecule has 3 atom stereocenters. The second-order valence-electron chi connectivity index (χ2n) is 6.98. The van der Waals surface area contributed by atoms with Gasteiger partial charge in [-0.3, -0.25) is 4.79 Å². The van der Waals surface area contributed by atoms with Crippen LogP contribution in [0.5, 0.6) is 0 Å². The van der Waals surface area contributed by atoms with Crippen LogP contribution in [-0.2, 0) is 4.79 Å². The van der Waals surface area contributed by atoms with Gasteiger partial charge in [-0.15, -0.1) is 0 Å². The molecule has 0 aromatic heterocycles. The molecule has 1 aliphatic rings. The second kappa shape index (κ2) is 4.99. The van der Waals surface area contributed by atoms with E-state index in [1.807, 2.05) is 14.1 Å². The smallest absolute Gasteiger partial charge is 0.225 e. The molecule has 0 bridgehead atoms. The van der Waals surface area contributed by atoms with E-state index in [0.29, 0.717) is 23.7 Å². The summed E-state index contributed by atoms with van der Waals surface area (Å²) < 4.78 is 0. The lowest BCUT2D eigenvalue weighted by Crippen LogP contribution is -2.47. The lowest BCUT2D eigenvalue weighted by Gasteiger charge is -2.47. The molecule has 2 nitrogen and oxygen atoms in total. The average Bonchev–Trinajstić information content (AvgIpc) is 2.20. The second-order valence-corrected chi connectivity index (χ2v) is 6.98. The predicted octanol–water partition coefficient (Wildman–Crippen LogP) is 3.42. The van der Waals surface area contributed by atoms with Gasteiger partial charge in [-0.1, -0.05) is 34.6 Å². The van der Waals surface area contributed by atoms with Gasteiger partial charge < -0.3 is 4.90 Å². The minimum Gasteiger partial charge on any atom is -0.349 e. The first-order valence-corrected chi connectivity index (χ1v) is 6.89. The van der Waals surface area contributed by atoms with Crippen molar-refractivity contribution in [3.8, 4) is 0 Å². The van der Waals surface area contributed by atoms with Crippen molar-refractivity contribution < 1.29 is 4.79 Å². The quantitative estimate of drug-likeness (QED) is 0.723. The Bertz CT molecular complexity index is 281. The minimum atomic E-state index is 0.132. The zero-order valence-corrected chi connectivity index (χ0v) is 12.6. The standard InChI is InChI=1S/C15H29NO/c1-10(2)12-8-11(3)15(4,5)13(9-12)14(17)16(6)7/h10-13H,8-9H2,1-7H3/t11-,12?,13-/m0/s1. The van der Waals surface area contributed by atoms with Crippen LogP contribution in [0.3, 0.4) is 0 Å². The molecular weight excluding hydrogens is 210 g/mol. The van der Waals surface area contributed by atoms with Gasteiger partial charge in [-0.05, 0) is 36.0 Å². The van der Waals surface area contributed by atoms with Crippen LogP contribution in [-0.4, -0.2) is 24.9 Å². The van der Waals surface area contributed by atoms with Gasteiger partial charge in [-0.25, -0.2) is 0 Å². The van der Waals surface area contributed by atoms with Gasteiger partial charge in [0.05, 0.1) is 0 Å². The Morgan fingerprint density at radius 1 is 1.24 bits per heavy atom. The Labute approximate surface area is 107 Å². The summed E-state index contributed by atoms with van der Waals surface area (Å²) in [6.07, 6.45) is 2.33. The van der Waals surface area contributed by atoms with Crippen LogP contribution in [0.15, 0.2) is 0 Å². The van der Waals surface area contributed by atoms with Crippen LogP contribution < -0.4 is 0 Å². The lowest BCUT2D eigenvalue weighted by molar-refractivity contribution is -0.142. The molecule has 1 rings (SSSR count). The molecule has 1 fully saturated rings. The van der Waals surface area contributed by atoms with Crippen molar-refractivity contribution in [3.63, 3.8) is 0 Å². The van der Waals surface area contributed by atoms with Crippen molar-refractivity contribution in [2.24, 2.45) is 29.1 Å².